The molecule has 4 aliphatic carbocycles. The lowest BCUT2D eigenvalue weighted by Crippen LogP contribution is -2.41. The SMILES string of the molecule is CC1(C)OB(c2cccc3c2CC[C@@H]3Oc2ccc(C=O)c(OCC[Si](C)(C)C)n2)OC1(C)C.C[Si](C)(C)CCOc1nc(O[C@H]2CCc3c(-c4cccc(Br)c4Cl)cccc32)c(Cl)cc1C=O.C[Si](C)(C)CCOc1nc(O[C@H]2CCc3c(-c4cccc(Br)c4Cl)cccc32)ccc1C=O.N#Cc1cncc(COc2nc(O[C@H]3CCc4c(-c5cccc(Br)c5Cl)cccc43)c(Cl)cc2C=O)c1.S.S.S.S. The normalized spacial score (nSPS) is 15.8. The molecule has 748 valence electrons. The summed E-state index contributed by atoms with van der Waals surface area (Å²) in [7, 11) is -4.17. The van der Waals surface area contributed by atoms with E-state index in [0.29, 0.717) is 104 Å². The number of benzene rings is 7. The predicted molar refractivity (Wildman–Crippen MR) is 607 cm³/mol. The summed E-state index contributed by atoms with van der Waals surface area (Å²) in [6.45, 7) is 30.5. The first kappa shape index (κ1) is 116. The van der Waals surface area contributed by atoms with Crippen LogP contribution in [0.15, 0.2) is 196 Å². The van der Waals surface area contributed by atoms with E-state index in [1.165, 1.54) is 29.0 Å². The van der Waals surface area contributed by atoms with Crippen LogP contribution in [-0.4, -0.2) is 112 Å². The zero-order chi connectivity index (χ0) is 98.7. The molecule has 7 aromatic carbocycles. The van der Waals surface area contributed by atoms with Gasteiger partial charge in [0.05, 0.1) is 73.9 Å². The lowest BCUT2D eigenvalue weighted by atomic mass is 9.75. The fourth-order valence-electron chi connectivity index (χ4n) is 16.7. The van der Waals surface area contributed by atoms with Gasteiger partial charge in [-0.2, -0.15) is 79.2 Å². The quantitative estimate of drug-likeness (QED) is 0.0289. The summed E-state index contributed by atoms with van der Waals surface area (Å²) < 4.78 is 63.8. The molecule has 0 N–H and O–H groups in total. The molecule has 0 spiro atoms. The highest BCUT2D eigenvalue weighted by Gasteiger charge is 2.53. The standard InChI is InChI=1S/C28H18BrCl2N3O3.C26H36BNO5Si.C26H26BrCl2NO3Si.C26H27BrClNO3Si.4H2S/c29-23-6-2-5-22(26(23)31)19-3-1-4-21-20(19)7-8-25(21)37-28-24(30)10-18(14-35)27(34-28)36-15-17-9-16(11-32)12-33-13-17;1-25(2)26(3,4)33-27(32-25)21-10-8-9-20-19(21)12-13-22(20)31-23-14-11-18(17-29)24(28-23)30-15-16-34(5,6)7;1-34(2,3)13-12-32-25-16(15-31)14-22(28)26(30-25)33-23-11-10-18-17(6-4-7-19(18)23)20-8-5-9-21(27)24(20)29;1-33(2,3)15-14-31-26-17(16-30)10-13-24(29-26)32-23-12-11-19-18(6-4-7-20(19)23)21-8-5-9-22(27)25(21)28;;;;/h1-6,9-10,12-14,25H,7-8,15H2;8-11,14,17,22H,12-13,15-16H2,1-7H3;4-9,14-15,23H,10-13H2,1-3H3;4-10,13,16,23H,11-12,14-15H2,1-3H3;4*1H2/t25-;22-;2*23-;;;;/m0000..../s1. The van der Waals surface area contributed by atoms with Crippen LogP contribution >= 0.6 is 160 Å². The number of hydrogen-bond acceptors (Lipinski definition) is 20. The minimum absolute atomic E-state index is 0. The molecule has 1 fully saturated rings. The number of aromatic nitrogens is 5. The van der Waals surface area contributed by atoms with E-state index in [0.717, 1.165) is 162 Å². The molecule has 4 atom stereocenters. The highest BCUT2D eigenvalue weighted by Crippen LogP contribution is 2.50. The van der Waals surface area contributed by atoms with Gasteiger partial charge in [0.15, 0.2) is 25.1 Å². The Balaban J connectivity index is 0.000000193. The van der Waals surface area contributed by atoms with Crippen molar-refractivity contribution in [1.82, 2.24) is 24.9 Å². The van der Waals surface area contributed by atoms with E-state index < -0.39 is 31.3 Å². The third kappa shape index (κ3) is 28.6. The first-order chi connectivity index (χ1) is 65.8. The molecule has 0 saturated carbocycles. The van der Waals surface area contributed by atoms with Crippen LogP contribution < -0.4 is 43.4 Å². The molecule has 36 heteroatoms. The lowest BCUT2D eigenvalue weighted by molar-refractivity contribution is 0.00578. The Labute approximate surface area is 912 Å². The second-order valence-corrected chi connectivity index (χ2v) is 60.2. The summed E-state index contributed by atoms with van der Waals surface area (Å²) in [5.41, 5.74) is 18.3. The molecule has 0 amide bonds. The van der Waals surface area contributed by atoms with Crippen molar-refractivity contribution in [2.45, 2.75) is 198 Å². The highest BCUT2D eigenvalue weighted by molar-refractivity contribution is 9.11. The van der Waals surface area contributed by atoms with Crippen molar-refractivity contribution < 1.29 is 66.4 Å². The topological polar surface area (TPSA) is 249 Å². The number of carbonyl (C=O) groups excluding carboxylic acids is 4. The van der Waals surface area contributed by atoms with Gasteiger partial charge in [0.25, 0.3) is 0 Å². The van der Waals surface area contributed by atoms with E-state index >= 15 is 0 Å². The molecular weight excluding hydrogens is 2220 g/mol. The van der Waals surface area contributed by atoms with Crippen LogP contribution in [0.3, 0.4) is 0 Å². The van der Waals surface area contributed by atoms with Gasteiger partial charge in [0, 0.05) is 84.4 Å². The molecule has 0 radical (unpaired) electrons. The van der Waals surface area contributed by atoms with E-state index in [-0.39, 0.29) is 130 Å². The lowest BCUT2D eigenvalue weighted by Gasteiger charge is -2.32. The molecule has 20 nitrogen and oxygen atoms in total. The van der Waals surface area contributed by atoms with Crippen LogP contribution in [0.5, 0.6) is 47.0 Å². The van der Waals surface area contributed by atoms with Crippen molar-refractivity contribution in [2.24, 2.45) is 0 Å². The minimum atomic E-state index is -1.28. The van der Waals surface area contributed by atoms with Gasteiger partial charge in [-0.15, -0.1) is 0 Å². The average Bonchev–Trinajstić information content (AvgIpc) is 1.60. The number of nitriles is 1. The van der Waals surface area contributed by atoms with E-state index in [1.54, 1.807) is 42.6 Å². The van der Waals surface area contributed by atoms with Gasteiger partial charge in [0.2, 0.25) is 47.0 Å². The smallest absolute Gasteiger partial charge is 0.477 e. The summed E-state index contributed by atoms with van der Waals surface area (Å²) in [5, 5.41) is 11.6. The summed E-state index contributed by atoms with van der Waals surface area (Å²) in [6, 6.07) is 59.1. The number of fused-ring (bicyclic) bond motifs is 4. The number of aldehydes is 4. The number of pyridine rings is 5. The van der Waals surface area contributed by atoms with Gasteiger partial charge in [-0.25, -0.2) is 0 Å². The first-order valence-electron chi connectivity index (χ1n) is 45.7. The van der Waals surface area contributed by atoms with E-state index in [1.807, 2.05) is 91.0 Å². The number of hydrogen-bond donors (Lipinski definition) is 0. The van der Waals surface area contributed by atoms with Gasteiger partial charge < -0.3 is 47.2 Å². The van der Waals surface area contributed by atoms with Crippen molar-refractivity contribution >= 4 is 222 Å². The minimum Gasteiger partial charge on any atom is -0.477 e. The molecule has 142 heavy (non-hydrogen) atoms. The number of rotatable bonds is 31. The predicted octanol–water partition coefficient (Wildman–Crippen LogP) is 29.1. The fourth-order valence-corrected chi connectivity index (χ4v) is 21.0. The summed E-state index contributed by atoms with van der Waals surface area (Å²) in [6.07, 6.45) is 11.8. The Bertz CT molecular complexity index is 6590. The third-order valence-electron chi connectivity index (χ3n) is 24.8. The number of carbonyl (C=O) groups is 4. The maximum absolute atomic E-state index is 11.6. The maximum atomic E-state index is 11.6. The Morgan fingerprint density at radius 3 is 1.08 bits per heavy atom. The van der Waals surface area contributed by atoms with Gasteiger partial charge in [-0.05, 0) is 260 Å². The Hall–Kier alpha value is -8.21. The molecular formula is C106H115BBr3Cl5N6O14S4Si3. The molecule has 5 aromatic heterocycles. The average molecular weight is 2340 g/mol. The van der Waals surface area contributed by atoms with Crippen molar-refractivity contribution in [2.75, 3.05) is 19.8 Å². The van der Waals surface area contributed by atoms with Crippen LogP contribution in [0.2, 0.25) is 102 Å². The summed E-state index contributed by atoms with van der Waals surface area (Å²) >= 11 is 43.2. The molecule has 6 heterocycles. The number of ether oxygens (including phenoxy) is 8. The molecule has 0 unspecified atom stereocenters. The van der Waals surface area contributed by atoms with Crippen LogP contribution in [-0.2, 0) is 41.6 Å². The van der Waals surface area contributed by atoms with Crippen LogP contribution in [0.4, 0.5) is 0 Å². The van der Waals surface area contributed by atoms with Crippen molar-refractivity contribution in [1.29, 1.82) is 5.26 Å². The van der Waals surface area contributed by atoms with Crippen molar-refractivity contribution in [3.63, 3.8) is 0 Å². The van der Waals surface area contributed by atoms with Crippen molar-refractivity contribution in [3.8, 4) is 86.5 Å². The Kier molecular flexibility index (Phi) is 41.5. The zero-order valence-corrected chi connectivity index (χ0v) is 96.6. The Morgan fingerprint density at radius 1 is 0.401 bits per heavy atom. The number of halogens is 8. The monoisotopic (exact) mass is 2330 g/mol. The Morgan fingerprint density at radius 2 is 0.725 bits per heavy atom. The summed E-state index contributed by atoms with van der Waals surface area (Å²) in [4.78, 5) is 68.1. The van der Waals surface area contributed by atoms with E-state index in [2.05, 4.69) is 202 Å². The van der Waals surface area contributed by atoms with Crippen molar-refractivity contribution in [3.05, 3.63) is 299 Å². The molecule has 1 saturated heterocycles. The molecule has 12 aromatic rings. The van der Waals surface area contributed by atoms with Gasteiger partial charge >= 0.3 is 7.12 Å². The van der Waals surface area contributed by atoms with E-state index in [9.17, 15) is 19.2 Å². The maximum Gasteiger partial charge on any atom is 0.495 e. The third-order valence-corrected chi connectivity index (χ3v) is 34.4. The number of nitrogens with zero attached hydrogens (tertiary/aromatic N) is 6. The van der Waals surface area contributed by atoms with Gasteiger partial charge in [-0.3, -0.25) is 24.2 Å². The molecule has 17 rings (SSSR count). The highest BCUT2D eigenvalue weighted by atomic mass is 79.9. The van der Waals surface area contributed by atoms with Gasteiger partial charge in [0.1, 0.15) is 47.1 Å². The fraction of sp³-hybridized carbons (Fsp3) is 0.321. The molecule has 0 bridgehead atoms. The van der Waals surface area contributed by atoms with Gasteiger partial charge in [-0.1, -0.05) is 226 Å². The van der Waals surface area contributed by atoms with Crippen LogP contribution in [0.25, 0.3) is 33.4 Å². The first-order valence-corrected chi connectivity index (χ1v) is 61.1. The largest absolute Gasteiger partial charge is 0.495 e. The molecule has 5 aliphatic rings. The summed E-state index contributed by atoms with van der Waals surface area (Å²) in [5.74, 6) is 2.42. The molecule has 1 aliphatic heterocycles. The second-order valence-electron chi connectivity index (χ2n) is 38.9. The van der Waals surface area contributed by atoms with Crippen LogP contribution in [0, 0.1) is 11.3 Å². The van der Waals surface area contributed by atoms with E-state index in [4.69, 9.17) is 110 Å². The van der Waals surface area contributed by atoms with Crippen LogP contribution in [0.1, 0.15) is 175 Å². The second kappa shape index (κ2) is 50.9. The zero-order valence-electron chi connectivity index (χ0n) is 81.0.